The molecule has 0 bridgehead atoms. The molecule has 92 valence electrons. The van der Waals surface area contributed by atoms with Crippen LogP contribution in [0.4, 0.5) is 0 Å². The number of hydrogen-bond donors (Lipinski definition) is 0. The zero-order chi connectivity index (χ0) is 11.7. The minimum Gasteiger partial charge on any atom is -0.198 e. The van der Waals surface area contributed by atoms with Crippen LogP contribution in [0, 0.1) is 16.7 Å². The molecule has 0 aromatic heterocycles. The number of hydrogen-bond acceptors (Lipinski definition) is 1. The van der Waals surface area contributed by atoms with Crippen molar-refractivity contribution in [3.8, 4) is 6.07 Å². The van der Waals surface area contributed by atoms with Gasteiger partial charge in [0.05, 0.1) is 11.5 Å². The first-order chi connectivity index (χ1) is 7.77. The second-order valence-electron chi connectivity index (χ2n) is 5.71. The molecule has 1 aliphatic carbocycles. The van der Waals surface area contributed by atoms with Crippen molar-refractivity contribution in [3.63, 3.8) is 0 Å². The highest BCUT2D eigenvalue weighted by Gasteiger charge is 2.22. The van der Waals surface area contributed by atoms with Gasteiger partial charge in [-0.1, -0.05) is 64.2 Å². The topological polar surface area (TPSA) is 23.8 Å². The van der Waals surface area contributed by atoms with E-state index >= 15 is 0 Å². The van der Waals surface area contributed by atoms with Crippen LogP contribution < -0.4 is 0 Å². The highest BCUT2D eigenvalue weighted by Crippen LogP contribution is 2.31. The van der Waals surface area contributed by atoms with Gasteiger partial charge < -0.3 is 0 Å². The lowest BCUT2D eigenvalue weighted by Gasteiger charge is -2.21. The van der Waals surface area contributed by atoms with E-state index in [9.17, 15) is 5.26 Å². The molecule has 0 aromatic carbocycles. The zero-order valence-corrected chi connectivity index (χ0v) is 10.9. The molecule has 0 aromatic rings. The van der Waals surface area contributed by atoms with E-state index in [0.717, 1.165) is 12.8 Å². The lowest BCUT2D eigenvalue weighted by Crippen LogP contribution is -2.13. The van der Waals surface area contributed by atoms with E-state index in [1.807, 2.05) is 0 Å². The average Bonchev–Trinajstić information content (AvgIpc) is 2.31. The van der Waals surface area contributed by atoms with Crippen molar-refractivity contribution in [1.29, 1.82) is 5.26 Å². The van der Waals surface area contributed by atoms with Crippen molar-refractivity contribution in [3.05, 3.63) is 0 Å². The number of nitriles is 1. The number of nitrogens with zero attached hydrogens (tertiary/aromatic N) is 1. The van der Waals surface area contributed by atoms with Gasteiger partial charge in [0.25, 0.3) is 0 Å². The third-order valence-electron chi connectivity index (χ3n) is 3.98. The molecule has 0 aliphatic heterocycles. The monoisotopic (exact) mass is 221 g/mol. The molecule has 0 saturated heterocycles. The predicted octanol–water partition coefficient (Wildman–Crippen LogP) is 5.21. The summed E-state index contributed by atoms with van der Waals surface area (Å²) in [6, 6.07) is 2.55. The van der Waals surface area contributed by atoms with Gasteiger partial charge >= 0.3 is 0 Å². The minimum absolute atomic E-state index is 0.0337. The van der Waals surface area contributed by atoms with Gasteiger partial charge in [-0.15, -0.1) is 0 Å². The molecular weight excluding hydrogens is 194 g/mol. The first kappa shape index (κ1) is 13.6. The predicted molar refractivity (Wildman–Crippen MR) is 69.1 cm³/mol. The lowest BCUT2D eigenvalue weighted by molar-refractivity contribution is 0.341. The molecular formula is C15H27N. The molecule has 1 nitrogen and oxygen atoms in total. The molecule has 1 rings (SSSR count). The maximum atomic E-state index is 9.26. The Morgan fingerprint density at radius 2 is 1.00 bits per heavy atom. The molecule has 1 heteroatoms. The summed E-state index contributed by atoms with van der Waals surface area (Å²) >= 11 is 0. The SMILES string of the molecule is CC1(C#N)CCCCCCCCCCCC1. The third kappa shape index (κ3) is 5.54. The molecule has 1 aliphatic rings. The van der Waals surface area contributed by atoms with Crippen molar-refractivity contribution in [2.75, 3.05) is 0 Å². The Hall–Kier alpha value is -0.510. The van der Waals surface area contributed by atoms with E-state index in [0.29, 0.717) is 0 Å². The van der Waals surface area contributed by atoms with Crippen molar-refractivity contribution in [1.82, 2.24) is 0 Å². The van der Waals surface area contributed by atoms with Gasteiger partial charge in [0.1, 0.15) is 0 Å². The van der Waals surface area contributed by atoms with Gasteiger partial charge in [-0.3, -0.25) is 0 Å². The smallest absolute Gasteiger partial charge is 0.0686 e. The Labute approximate surface area is 101 Å². The van der Waals surface area contributed by atoms with E-state index in [4.69, 9.17) is 0 Å². The fourth-order valence-corrected chi connectivity index (χ4v) is 2.68. The van der Waals surface area contributed by atoms with E-state index in [2.05, 4.69) is 13.0 Å². The second kappa shape index (κ2) is 7.71. The van der Waals surface area contributed by atoms with Gasteiger partial charge in [-0.2, -0.15) is 5.26 Å². The summed E-state index contributed by atoms with van der Waals surface area (Å²) < 4.78 is 0. The number of rotatable bonds is 0. The summed E-state index contributed by atoms with van der Waals surface area (Å²) in [4.78, 5) is 0. The molecule has 1 fully saturated rings. The Kier molecular flexibility index (Phi) is 6.53. The van der Waals surface area contributed by atoms with Gasteiger partial charge in [0.2, 0.25) is 0 Å². The highest BCUT2D eigenvalue weighted by atomic mass is 14.3. The van der Waals surface area contributed by atoms with Crippen LogP contribution in [0.5, 0.6) is 0 Å². The Morgan fingerprint density at radius 1 is 0.688 bits per heavy atom. The van der Waals surface area contributed by atoms with E-state index in [1.165, 1.54) is 64.2 Å². The van der Waals surface area contributed by atoms with E-state index < -0.39 is 0 Å². The molecule has 1 saturated carbocycles. The summed E-state index contributed by atoms with van der Waals surface area (Å²) in [6.07, 6.45) is 15.8. The summed E-state index contributed by atoms with van der Waals surface area (Å²) in [6.45, 7) is 2.16. The van der Waals surface area contributed by atoms with Crippen molar-refractivity contribution < 1.29 is 0 Å². The van der Waals surface area contributed by atoms with Gasteiger partial charge in [-0.05, 0) is 19.8 Å². The van der Waals surface area contributed by atoms with E-state index in [-0.39, 0.29) is 5.41 Å². The summed E-state index contributed by atoms with van der Waals surface area (Å²) in [5.74, 6) is 0. The fourth-order valence-electron chi connectivity index (χ4n) is 2.68. The van der Waals surface area contributed by atoms with Crippen molar-refractivity contribution in [2.24, 2.45) is 5.41 Å². The van der Waals surface area contributed by atoms with Crippen LogP contribution in [0.25, 0.3) is 0 Å². The van der Waals surface area contributed by atoms with Crippen LogP contribution in [-0.4, -0.2) is 0 Å². The fraction of sp³-hybridized carbons (Fsp3) is 0.933. The molecule has 0 radical (unpaired) electrons. The Morgan fingerprint density at radius 3 is 1.31 bits per heavy atom. The molecule has 16 heavy (non-hydrogen) atoms. The van der Waals surface area contributed by atoms with Crippen molar-refractivity contribution >= 4 is 0 Å². The zero-order valence-electron chi connectivity index (χ0n) is 10.9. The Bertz CT molecular complexity index is 200. The van der Waals surface area contributed by atoms with Crippen LogP contribution in [0.3, 0.4) is 0 Å². The maximum Gasteiger partial charge on any atom is 0.0686 e. The normalized spacial score (nSPS) is 24.5. The van der Waals surface area contributed by atoms with Crippen LogP contribution in [0.15, 0.2) is 0 Å². The molecule has 0 spiro atoms. The standard InChI is InChI=1S/C15H27N/c1-15(14-16)12-10-8-6-4-2-3-5-7-9-11-13-15/h2-13H2,1H3. The lowest BCUT2D eigenvalue weighted by atomic mass is 9.81. The maximum absolute atomic E-state index is 9.26. The van der Waals surface area contributed by atoms with Gasteiger partial charge in [-0.25, -0.2) is 0 Å². The van der Waals surface area contributed by atoms with Crippen LogP contribution in [0.1, 0.15) is 84.0 Å². The van der Waals surface area contributed by atoms with Crippen molar-refractivity contribution in [2.45, 2.75) is 84.0 Å². The summed E-state index contributed by atoms with van der Waals surface area (Å²) in [5, 5.41) is 9.26. The molecule has 0 N–H and O–H groups in total. The quantitative estimate of drug-likeness (QED) is 0.550. The second-order valence-corrected chi connectivity index (χ2v) is 5.71. The van der Waals surface area contributed by atoms with Gasteiger partial charge in [0.15, 0.2) is 0 Å². The first-order valence-corrected chi connectivity index (χ1v) is 7.18. The minimum atomic E-state index is -0.0337. The average molecular weight is 221 g/mol. The molecule has 0 unspecified atom stereocenters. The third-order valence-corrected chi connectivity index (χ3v) is 3.98. The summed E-state index contributed by atoms with van der Waals surface area (Å²) in [5.41, 5.74) is -0.0337. The molecule has 0 amide bonds. The van der Waals surface area contributed by atoms with Gasteiger partial charge in [0, 0.05) is 0 Å². The molecule has 0 atom stereocenters. The largest absolute Gasteiger partial charge is 0.198 e. The first-order valence-electron chi connectivity index (χ1n) is 7.18. The van der Waals surface area contributed by atoms with Crippen LogP contribution >= 0.6 is 0 Å². The summed E-state index contributed by atoms with van der Waals surface area (Å²) in [7, 11) is 0. The highest BCUT2D eigenvalue weighted by molar-refractivity contribution is 4.95. The van der Waals surface area contributed by atoms with E-state index in [1.54, 1.807) is 0 Å². The van der Waals surface area contributed by atoms with Crippen LogP contribution in [-0.2, 0) is 0 Å². The Balaban J connectivity index is 2.36. The molecule has 0 heterocycles. The van der Waals surface area contributed by atoms with Crippen LogP contribution in [0.2, 0.25) is 0 Å².